The van der Waals surface area contributed by atoms with Gasteiger partial charge in [0.2, 0.25) is 0 Å². The molecule has 0 saturated heterocycles. The fraction of sp³-hybridized carbons (Fsp3) is 0.250. The Labute approximate surface area is 116 Å². The molecule has 106 valence electrons. The molecule has 0 amide bonds. The number of hydrogen-bond acceptors (Lipinski definition) is 6. The van der Waals surface area contributed by atoms with Gasteiger partial charge in [-0.05, 0) is 31.2 Å². The maximum absolute atomic E-state index is 11.5. The molecule has 1 aromatic heterocycles. The van der Waals surface area contributed by atoms with Crippen LogP contribution in [-0.2, 0) is 14.6 Å². The summed E-state index contributed by atoms with van der Waals surface area (Å²) in [6.45, 7) is 1.96. The Balaban J connectivity index is 2.27. The lowest BCUT2D eigenvalue weighted by molar-refractivity contribution is 0.0519. The topological polar surface area (TPSA) is 91.1 Å². The zero-order chi connectivity index (χ0) is 14.8. The normalized spacial score (nSPS) is 11.3. The minimum absolute atomic E-state index is 0.0963. The van der Waals surface area contributed by atoms with E-state index in [1.165, 1.54) is 23.1 Å². The fourth-order valence-corrected chi connectivity index (χ4v) is 2.14. The van der Waals surface area contributed by atoms with Crippen molar-refractivity contribution in [3.8, 4) is 5.69 Å². The number of carbonyl (C=O) groups is 1. The van der Waals surface area contributed by atoms with Crippen LogP contribution in [0.1, 0.15) is 17.4 Å². The second-order valence-corrected chi connectivity index (χ2v) is 6.02. The first-order valence-electron chi connectivity index (χ1n) is 5.82. The van der Waals surface area contributed by atoms with E-state index in [4.69, 9.17) is 4.74 Å². The van der Waals surface area contributed by atoms with Crippen molar-refractivity contribution in [2.75, 3.05) is 12.9 Å². The van der Waals surface area contributed by atoms with Crippen LogP contribution in [0.15, 0.2) is 35.4 Å². The summed E-state index contributed by atoms with van der Waals surface area (Å²) in [5.74, 6) is -0.550. The van der Waals surface area contributed by atoms with Crippen molar-refractivity contribution in [3.05, 3.63) is 36.2 Å². The van der Waals surface area contributed by atoms with Gasteiger partial charge in [0.1, 0.15) is 0 Å². The van der Waals surface area contributed by atoms with Crippen LogP contribution < -0.4 is 0 Å². The Bertz CT molecular complexity index is 719. The molecule has 0 aliphatic heterocycles. The molecule has 2 rings (SSSR count). The summed E-state index contributed by atoms with van der Waals surface area (Å²) in [6.07, 6.45) is 2.43. The van der Waals surface area contributed by atoms with E-state index in [0.29, 0.717) is 5.69 Å². The number of hydrogen-bond donors (Lipinski definition) is 0. The second-order valence-electron chi connectivity index (χ2n) is 4.01. The zero-order valence-corrected chi connectivity index (χ0v) is 11.8. The lowest BCUT2D eigenvalue weighted by Gasteiger charge is -2.01. The number of carbonyl (C=O) groups excluding carboxylic acids is 1. The van der Waals surface area contributed by atoms with Gasteiger partial charge in [0.05, 0.1) is 23.4 Å². The maximum Gasteiger partial charge on any atom is 0.360 e. The van der Waals surface area contributed by atoms with Crippen molar-refractivity contribution in [1.29, 1.82) is 0 Å². The molecule has 8 heteroatoms. The third kappa shape index (κ3) is 3.02. The molecule has 1 aromatic carbocycles. The van der Waals surface area contributed by atoms with Gasteiger partial charge in [-0.3, -0.25) is 0 Å². The van der Waals surface area contributed by atoms with Crippen molar-refractivity contribution in [2.45, 2.75) is 11.8 Å². The van der Waals surface area contributed by atoms with Crippen LogP contribution in [0.5, 0.6) is 0 Å². The molecule has 1 heterocycles. The molecular formula is C12H13N3O4S. The van der Waals surface area contributed by atoms with Crippen molar-refractivity contribution in [3.63, 3.8) is 0 Å². The Hall–Kier alpha value is -2.22. The van der Waals surface area contributed by atoms with Gasteiger partial charge in [-0.2, -0.15) is 9.90 Å². The molecule has 2 aromatic rings. The van der Waals surface area contributed by atoms with Gasteiger partial charge in [-0.25, -0.2) is 13.2 Å². The van der Waals surface area contributed by atoms with Crippen LogP contribution in [0.2, 0.25) is 0 Å². The van der Waals surface area contributed by atoms with Crippen LogP contribution in [0.3, 0.4) is 0 Å². The van der Waals surface area contributed by atoms with Crippen LogP contribution in [0.25, 0.3) is 5.69 Å². The SMILES string of the molecule is CCOC(=O)c1cnn(-c2ccc(S(C)(=O)=O)cc2)n1. The van der Waals surface area contributed by atoms with Crippen molar-refractivity contribution in [2.24, 2.45) is 0 Å². The first-order valence-corrected chi connectivity index (χ1v) is 7.71. The molecule has 0 aliphatic carbocycles. The largest absolute Gasteiger partial charge is 0.461 e. The summed E-state index contributed by atoms with van der Waals surface area (Å²) < 4.78 is 27.5. The highest BCUT2D eigenvalue weighted by molar-refractivity contribution is 7.90. The van der Waals surface area contributed by atoms with E-state index >= 15 is 0 Å². The Kier molecular flexibility index (Phi) is 3.84. The van der Waals surface area contributed by atoms with E-state index in [2.05, 4.69) is 10.2 Å². The van der Waals surface area contributed by atoms with Gasteiger partial charge < -0.3 is 4.74 Å². The summed E-state index contributed by atoms with van der Waals surface area (Å²) in [4.78, 5) is 12.9. The highest BCUT2D eigenvalue weighted by Gasteiger charge is 2.13. The standard InChI is InChI=1S/C12H13N3O4S/c1-3-19-12(16)11-8-13-15(14-11)9-4-6-10(7-5-9)20(2,17)18/h4-8H,3H2,1-2H3. The molecule has 7 nitrogen and oxygen atoms in total. The number of rotatable bonds is 4. The van der Waals surface area contributed by atoms with E-state index in [1.54, 1.807) is 19.1 Å². The van der Waals surface area contributed by atoms with E-state index in [0.717, 1.165) is 6.26 Å². The third-order valence-electron chi connectivity index (χ3n) is 2.47. The number of ether oxygens (including phenoxy) is 1. The van der Waals surface area contributed by atoms with Crippen LogP contribution in [0, 0.1) is 0 Å². The van der Waals surface area contributed by atoms with E-state index in [9.17, 15) is 13.2 Å². The van der Waals surface area contributed by atoms with Gasteiger partial charge in [0.15, 0.2) is 15.5 Å². The van der Waals surface area contributed by atoms with Gasteiger partial charge in [-0.1, -0.05) is 0 Å². The maximum atomic E-state index is 11.5. The molecular weight excluding hydrogens is 282 g/mol. The molecule has 0 radical (unpaired) electrons. The third-order valence-corrected chi connectivity index (χ3v) is 3.60. The number of nitrogens with zero attached hydrogens (tertiary/aromatic N) is 3. The van der Waals surface area contributed by atoms with Gasteiger partial charge >= 0.3 is 5.97 Å². The molecule has 0 bridgehead atoms. The Morgan fingerprint density at radius 3 is 2.50 bits per heavy atom. The van der Waals surface area contributed by atoms with Gasteiger partial charge in [-0.15, -0.1) is 5.10 Å². The average molecular weight is 295 g/mol. The first kappa shape index (κ1) is 14.2. The highest BCUT2D eigenvalue weighted by atomic mass is 32.2. The minimum Gasteiger partial charge on any atom is -0.461 e. The quantitative estimate of drug-likeness (QED) is 0.776. The number of benzene rings is 1. The molecule has 0 saturated carbocycles. The average Bonchev–Trinajstić information content (AvgIpc) is 2.88. The summed E-state index contributed by atoms with van der Waals surface area (Å²) in [5, 5.41) is 7.91. The lowest BCUT2D eigenvalue weighted by Crippen LogP contribution is -2.07. The monoisotopic (exact) mass is 295 g/mol. The molecule has 20 heavy (non-hydrogen) atoms. The minimum atomic E-state index is -3.24. The molecule has 0 atom stereocenters. The van der Waals surface area contributed by atoms with Crippen molar-refractivity contribution >= 4 is 15.8 Å². The van der Waals surface area contributed by atoms with Crippen LogP contribution >= 0.6 is 0 Å². The number of esters is 1. The van der Waals surface area contributed by atoms with Crippen LogP contribution in [0.4, 0.5) is 0 Å². The first-order chi connectivity index (χ1) is 9.41. The van der Waals surface area contributed by atoms with E-state index in [1.807, 2.05) is 0 Å². The predicted octanol–water partition coefficient (Wildman–Crippen LogP) is 0.847. The summed E-state index contributed by atoms with van der Waals surface area (Å²) >= 11 is 0. The zero-order valence-electron chi connectivity index (χ0n) is 11.0. The Morgan fingerprint density at radius 1 is 1.30 bits per heavy atom. The van der Waals surface area contributed by atoms with E-state index < -0.39 is 15.8 Å². The summed E-state index contributed by atoms with van der Waals surface area (Å²) in [7, 11) is -3.24. The Morgan fingerprint density at radius 2 is 1.95 bits per heavy atom. The molecule has 0 aliphatic rings. The molecule has 0 unspecified atom stereocenters. The van der Waals surface area contributed by atoms with Crippen molar-refractivity contribution in [1.82, 2.24) is 15.0 Å². The summed E-state index contributed by atoms with van der Waals surface area (Å²) in [6, 6.07) is 6.03. The molecule has 0 fully saturated rings. The van der Waals surface area contributed by atoms with E-state index in [-0.39, 0.29) is 17.2 Å². The van der Waals surface area contributed by atoms with Gasteiger partial charge in [0.25, 0.3) is 0 Å². The van der Waals surface area contributed by atoms with Gasteiger partial charge in [0, 0.05) is 6.26 Å². The molecule has 0 spiro atoms. The fourth-order valence-electron chi connectivity index (χ4n) is 1.51. The summed E-state index contributed by atoms with van der Waals surface area (Å²) in [5.41, 5.74) is 0.645. The van der Waals surface area contributed by atoms with Crippen LogP contribution in [-0.4, -0.2) is 42.2 Å². The highest BCUT2D eigenvalue weighted by Crippen LogP contribution is 2.12. The number of aromatic nitrogens is 3. The second kappa shape index (κ2) is 5.41. The lowest BCUT2D eigenvalue weighted by atomic mass is 10.3. The molecule has 0 N–H and O–H groups in total. The predicted molar refractivity (Wildman–Crippen MR) is 70.4 cm³/mol. The number of sulfone groups is 1. The van der Waals surface area contributed by atoms with Crippen molar-refractivity contribution < 1.29 is 17.9 Å². The smallest absolute Gasteiger partial charge is 0.360 e.